The minimum absolute atomic E-state index is 0.207. The largest absolute Gasteiger partial charge is 0.591 e. The Kier molecular flexibility index (Phi) is 7.24. The van der Waals surface area contributed by atoms with Gasteiger partial charge in [-0.15, -0.1) is 0 Å². The van der Waals surface area contributed by atoms with Gasteiger partial charge in [-0.25, -0.2) is 4.79 Å². The third kappa shape index (κ3) is 5.36. The van der Waals surface area contributed by atoms with Crippen molar-refractivity contribution in [2.75, 3.05) is 24.6 Å². The van der Waals surface area contributed by atoms with Crippen molar-refractivity contribution in [3.8, 4) is 5.75 Å². The second kappa shape index (κ2) is 10.2. The first-order chi connectivity index (χ1) is 17.6. The first kappa shape index (κ1) is 26.4. The Hall–Kier alpha value is -2.22. The fourth-order valence-electron chi connectivity index (χ4n) is 5.84. The maximum Gasteiger partial charge on any atom is 0.335 e. The Morgan fingerprint density at radius 1 is 1.30 bits per heavy atom. The molecule has 4 atom stereocenters. The Morgan fingerprint density at radius 3 is 2.81 bits per heavy atom. The van der Waals surface area contributed by atoms with E-state index in [-0.39, 0.29) is 21.6 Å². The molecule has 5 rings (SSSR count). The van der Waals surface area contributed by atoms with E-state index in [9.17, 15) is 14.5 Å². The number of carbonyl (C=O) groups is 1. The van der Waals surface area contributed by atoms with Crippen LogP contribution in [-0.2, 0) is 23.2 Å². The molecular formula is C29H35ClN2O4S. The van der Waals surface area contributed by atoms with E-state index in [0.717, 1.165) is 61.7 Å². The highest BCUT2D eigenvalue weighted by atomic mass is 35.5. The van der Waals surface area contributed by atoms with Crippen LogP contribution in [0.15, 0.2) is 40.8 Å². The summed E-state index contributed by atoms with van der Waals surface area (Å²) < 4.78 is 22.9. The van der Waals surface area contributed by atoms with Crippen molar-refractivity contribution in [2.45, 2.75) is 63.0 Å². The highest BCUT2D eigenvalue weighted by Gasteiger charge is 2.43. The first-order valence-electron chi connectivity index (χ1n) is 13.1. The van der Waals surface area contributed by atoms with Crippen molar-refractivity contribution >= 4 is 40.8 Å². The van der Waals surface area contributed by atoms with Crippen LogP contribution >= 0.6 is 11.6 Å². The van der Waals surface area contributed by atoms with E-state index < -0.39 is 17.3 Å². The molecule has 1 heterocycles. The standard InChI is InChI=1S/C29H35ClN2O4S/c1-28(2,3)37(35)31-15-21-6-7-22(21)16-32-17-29(12-4-5-19-13-23(30)9-10-24(19)29)18-36-26-11-8-20(27(33)34)14-25(26)32/h8-11,13-15,21-22H,4-7,12,16-18H2,1-3H3,(H,33,34)/t21-,22-,29?,37?/m0/s1. The molecule has 1 fully saturated rings. The van der Waals surface area contributed by atoms with Gasteiger partial charge in [0.25, 0.3) is 0 Å². The molecule has 198 valence electrons. The van der Waals surface area contributed by atoms with E-state index in [4.69, 9.17) is 16.3 Å². The maximum atomic E-state index is 12.5. The number of carboxylic acid groups (broad SMARTS) is 1. The lowest BCUT2D eigenvalue weighted by Gasteiger charge is -2.43. The van der Waals surface area contributed by atoms with E-state index in [0.29, 0.717) is 12.5 Å². The highest BCUT2D eigenvalue weighted by Crippen LogP contribution is 2.46. The molecule has 2 unspecified atom stereocenters. The van der Waals surface area contributed by atoms with E-state index >= 15 is 0 Å². The number of halogens is 1. The Morgan fingerprint density at radius 2 is 2.11 bits per heavy atom. The highest BCUT2D eigenvalue weighted by molar-refractivity contribution is 7.91. The van der Waals surface area contributed by atoms with E-state index in [1.165, 1.54) is 11.1 Å². The normalized spacial score (nSPS) is 26.1. The van der Waals surface area contributed by atoms with Crippen LogP contribution < -0.4 is 9.64 Å². The van der Waals surface area contributed by atoms with E-state index in [2.05, 4.69) is 21.4 Å². The van der Waals surface area contributed by atoms with Gasteiger partial charge in [-0.2, -0.15) is 0 Å². The summed E-state index contributed by atoms with van der Waals surface area (Å²) >= 11 is 5.07. The number of ether oxygens (including phenoxy) is 1. The monoisotopic (exact) mass is 542 g/mol. The van der Waals surface area contributed by atoms with Gasteiger partial charge in [0.1, 0.15) is 21.9 Å². The van der Waals surface area contributed by atoms with Gasteiger partial charge in [0.05, 0.1) is 24.1 Å². The van der Waals surface area contributed by atoms with Crippen LogP contribution in [0.3, 0.4) is 0 Å². The molecule has 2 aromatic rings. The summed E-state index contributed by atoms with van der Waals surface area (Å²) in [6.07, 6.45) is 7.03. The lowest BCUT2D eigenvalue weighted by atomic mass is 9.69. The number of hydrogen-bond acceptors (Lipinski definition) is 5. The number of carboxylic acids is 1. The Bertz CT molecular complexity index is 1210. The van der Waals surface area contributed by atoms with Crippen LogP contribution in [0.4, 0.5) is 5.69 Å². The molecule has 0 bridgehead atoms. The number of hydrogen-bond donors (Lipinski definition) is 1. The van der Waals surface area contributed by atoms with Crippen molar-refractivity contribution in [1.29, 1.82) is 0 Å². The van der Waals surface area contributed by atoms with Crippen molar-refractivity contribution < 1.29 is 19.2 Å². The third-order valence-corrected chi connectivity index (χ3v) is 9.68. The third-order valence-electron chi connectivity index (χ3n) is 8.09. The number of aryl methyl sites for hydroxylation is 1. The van der Waals surface area contributed by atoms with Crippen LogP contribution in [0.1, 0.15) is 67.9 Å². The molecule has 0 aromatic heterocycles. The first-order valence-corrected chi connectivity index (χ1v) is 14.5. The number of rotatable bonds is 5. The smallest absolute Gasteiger partial charge is 0.335 e. The topological polar surface area (TPSA) is 85.2 Å². The molecule has 0 radical (unpaired) electrons. The minimum atomic E-state index is -1.27. The van der Waals surface area contributed by atoms with Crippen LogP contribution in [0.25, 0.3) is 0 Å². The molecule has 8 heteroatoms. The zero-order chi connectivity index (χ0) is 26.4. The summed E-state index contributed by atoms with van der Waals surface area (Å²) in [6, 6.07) is 11.4. The van der Waals surface area contributed by atoms with Gasteiger partial charge in [-0.3, -0.25) is 0 Å². The molecule has 1 N–H and O–H groups in total. The summed E-state index contributed by atoms with van der Waals surface area (Å²) in [7, 11) is 0. The molecule has 0 saturated heterocycles. The Balaban J connectivity index is 1.47. The maximum absolute atomic E-state index is 12.5. The number of fused-ring (bicyclic) bond motifs is 3. The molecule has 1 saturated carbocycles. The van der Waals surface area contributed by atoms with Crippen molar-refractivity contribution in [3.63, 3.8) is 0 Å². The van der Waals surface area contributed by atoms with Gasteiger partial charge in [0.2, 0.25) is 0 Å². The van der Waals surface area contributed by atoms with Gasteiger partial charge in [-0.1, -0.05) is 22.1 Å². The van der Waals surface area contributed by atoms with Gasteiger partial charge < -0.3 is 19.3 Å². The average Bonchev–Trinajstić information content (AvgIpc) is 2.98. The van der Waals surface area contributed by atoms with Crippen molar-refractivity contribution in [1.82, 2.24) is 0 Å². The van der Waals surface area contributed by atoms with Gasteiger partial charge in [-0.05, 0) is 100 Å². The van der Waals surface area contributed by atoms with Crippen LogP contribution in [0.5, 0.6) is 5.75 Å². The second-order valence-corrected chi connectivity index (χ2v) is 14.1. The van der Waals surface area contributed by atoms with E-state index in [1.54, 1.807) is 18.2 Å². The molecule has 37 heavy (non-hydrogen) atoms. The lowest BCUT2D eigenvalue weighted by molar-refractivity contribution is 0.0697. The van der Waals surface area contributed by atoms with Crippen LogP contribution in [0.2, 0.25) is 5.02 Å². The van der Waals surface area contributed by atoms with Gasteiger partial charge >= 0.3 is 5.97 Å². The zero-order valence-corrected chi connectivity index (χ0v) is 23.3. The lowest BCUT2D eigenvalue weighted by Crippen LogP contribution is -2.48. The second-order valence-electron chi connectivity index (χ2n) is 11.7. The summed E-state index contributed by atoms with van der Waals surface area (Å²) in [5.74, 6) is 0.388. The SMILES string of the molecule is CC(C)(C)[S+]([O-])N=C[C@@H]1CC[C@H]1CN1CC2(CCCc3cc(Cl)ccc32)COc2ccc(C(=O)O)cc21. The molecule has 2 aliphatic carbocycles. The fourth-order valence-corrected chi connectivity index (χ4v) is 6.62. The molecule has 2 aromatic carbocycles. The molecule has 0 amide bonds. The van der Waals surface area contributed by atoms with Crippen molar-refractivity contribution in [2.24, 2.45) is 16.2 Å². The molecule has 3 aliphatic rings. The quantitative estimate of drug-likeness (QED) is 0.366. The summed E-state index contributed by atoms with van der Waals surface area (Å²) in [5.41, 5.74) is 3.44. The fraction of sp³-hybridized carbons (Fsp3) is 0.517. The number of benzene rings is 2. The molecule has 6 nitrogen and oxygen atoms in total. The summed E-state index contributed by atoms with van der Waals surface area (Å²) in [6.45, 7) is 7.84. The minimum Gasteiger partial charge on any atom is -0.591 e. The summed E-state index contributed by atoms with van der Waals surface area (Å²) in [4.78, 5) is 14.2. The zero-order valence-electron chi connectivity index (χ0n) is 21.7. The van der Waals surface area contributed by atoms with Gasteiger partial charge in [0, 0.05) is 29.4 Å². The summed E-state index contributed by atoms with van der Waals surface area (Å²) in [5, 5.41) is 10.4. The average molecular weight is 543 g/mol. The molecule has 1 aliphatic heterocycles. The van der Waals surface area contributed by atoms with E-state index in [1.807, 2.05) is 33.1 Å². The van der Waals surface area contributed by atoms with Gasteiger partial charge in [0.15, 0.2) is 0 Å². The number of aromatic carboxylic acids is 1. The van der Waals surface area contributed by atoms with Crippen LogP contribution in [-0.4, -0.2) is 46.3 Å². The van der Waals surface area contributed by atoms with Crippen LogP contribution in [0, 0.1) is 11.8 Å². The number of nitrogens with zero attached hydrogens (tertiary/aromatic N) is 2. The molecule has 1 spiro atoms. The number of anilines is 1. The predicted molar refractivity (Wildman–Crippen MR) is 150 cm³/mol. The Labute approximate surface area is 227 Å². The molecular weight excluding hydrogens is 508 g/mol. The predicted octanol–water partition coefficient (Wildman–Crippen LogP) is 6.07. The van der Waals surface area contributed by atoms with Crippen molar-refractivity contribution in [3.05, 3.63) is 58.1 Å².